The summed E-state index contributed by atoms with van der Waals surface area (Å²) in [5.74, 6) is 1.87. The second kappa shape index (κ2) is 8.87. The van der Waals surface area contributed by atoms with E-state index in [2.05, 4.69) is 17.0 Å². The van der Waals surface area contributed by atoms with Crippen LogP contribution < -0.4 is 9.47 Å². The fourth-order valence-electron chi connectivity index (χ4n) is 4.40. The van der Waals surface area contributed by atoms with Crippen molar-refractivity contribution in [1.29, 1.82) is 0 Å². The Morgan fingerprint density at radius 1 is 0.897 bits per heavy atom. The zero-order chi connectivity index (χ0) is 20.2. The number of carbonyl (C=O) groups excluding carboxylic acids is 1. The number of methoxy groups -OCH3 is 2. The molecule has 1 aliphatic carbocycles. The fraction of sp³-hybridized carbons (Fsp3) is 0.458. The summed E-state index contributed by atoms with van der Waals surface area (Å²) in [7, 11) is 3.37. The molecule has 5 nitrogen and oxygen atoms in total. The number of fused-ring (bicyclic) bond motifs is 1. The average molecular weight is 395 g/mol. The van der Waals surface area contributed by atoms with Gasteiger partial charge in [-0.15, -0.1) is 0 Å². The Morgan fingerprint density at radius 3 is 2.38 bits per heavy atom. The van der Waals surface area contributed by atoms with Crippen molar-refractivity contribution in [2.75, 3.05) is 40.4 Å². The number of ether oxygens (including phenoxy) is 2. The van der Waals surface area contributed by atoms with E-state index >= 15 is 0 Å². The number of carbonyl (C=O) groups is 1. The first kappa shape index (κ1) is 19.8. The zero-order valence-corrected chi connectivity index (χ0v) is 17.4. The van der Waals surface area contributed by atoms with Crippen molar-refractivity contribution in [1.82, 2.24) is 9.80 Å². The molecule has 0 bridgehead atoms. The highest BCUT2D eigenvalue weighted by Gasteiger charge is 2.24. The maximum Gasteiger partial charge on any atom is 0.253 e. The van der Waals surface area contributed by atoms with Crippen molar-refractivity contribution in [2.24, 2.45) is 0 Å². The average Bonchev–Trinajstić information content (AvgIpc) is 2.78. The van der Waals surface area contributed by atoms with Gasteiger partial charge in [-0.25, -0.2) is 0 Å². The van der Waals surface area contributed by atoms with Crippen LogP contribution in [0.4, 0.5) is 0 Å². The molecular formula is C24H30N2O3. The van der Waals surface area contributed by atoms with Gasteiger partial charge in [0.1, 0.15) is 11.5 Å². The molecule has 1 fully saturated rings. The van der Waals surface area contributed by atoms with Gasteiger partial charge in [0.15, 0.2) is 0 Å². The van der Waals surface area contributed by atoms with Gasteiger partial charge < -0.3 is 14.4 Å². The van der Waals surface area contributed by atoms with Crippen LogP contribution in [0.3, 0.4) is 0 Å². The quantitative estimate of drug-likeness (QED) is 0.778. The molecule has 1 amide bonds. The molecule has 2 aromatic carbocycles. The second-order valence-corrected chi connectivity index (χ2v) is 7.94. The van der Waals surface area contributed by atoms with Crippen LogP contribution in [0.5, 0.6) is 11.5 Å². The van der Waals surface area contributed by atoms with E-state index in [9.17, 15) is 4.79 Å². The van der Waals surface area contributed by atoms with E-state index in [0.717, 1.165) is 68.2 Å². The van der Waals surface area contributed by atoms with Crippen LogP contribution >= 0.6 is 0 Å². The largest absolute Gasteiger partial charge is 0.497 e. The number of rotatable bonds is 5. The molecule has 0 atom stereocenters. The number of aryl methyl sites for hydroxylation is 2. The standard InChI is InChI=1S/C24H30N2O3/c1-28-22-9-10-23(29-2)21(16-22)17-25-11-13-26(14-12-25)24(27)20-8-7-18-5-3-4-6-19(18)15-20/h7-10,15-16H,3-6,11-14,17H2,1-2H3. The minimum absolute atomic E-state index is 0.164. The lowest BCUT2D eigenvalue weighted by atomic mass is 9.90. The van der Waals surface area contributed by atoms with Crippen molar-refractivity contribution in [3.63, 3.8) is 0 Å². The molecular weight excluding hydrogens is 364 g/mol. The summed E-state index contributed by atoms with van der Waals surface area (Å²) in [4.78, 5) is 17.4. The molecule has 2 aromatic rings. The van der Waals surface area contributed by atoms with E-state index in [1.807, 2.05) is 29.2 Å². The highest BCUT2D eigenvalue weighted by Crippen LogP contribution is 2.26. The summed E-state index contributed by atoms with van der Waals surface area (Å²) in [6, 6.07) is 12.2. The summed E-state index contributed by atoms with van der Waals surface area (Å²) in [5, 5.41) is 0. The van der Waals surface area contributed by atoms with Gasteiger partial charge in [-0.05, 0) is 67.1 Å². The molecule has 0 saturated carbocycles. The monoisotopic (exact) mass is 394 g/mol. The Bertz CT molecular complexity index is 872. The third-order valence-corrected chi connectivity index (χ3v) is 6.14. The van der Waals surface area contributed by atoms with E-state index in [-0.39, 0.29) is 5.91 Å². The number of hydrogen-bond acceptors (Lipinski definition) is 4. The van der Waals surface area contributed by atoms with Gasteiger partial charge in [0.25, 0.3) is 5.91 Å². The van der Waals surface area contributed by atoms with Gasteiger partial charge >= 0.3 is 0 Å². The predicted octanol–water partition coefficient (Wildman–Crippen LogP) is 3.54. The smallest absolute Gasteiger partial charge is 0.253 e. The van der Waals surface area contributed by atoms with Crippen LogP contribution in [-0.4, -0.2) is 56.1 Å². The van der Waals surface area contributed by atoms with Crippen molar-refractivity contribution >= 4 is 5.91 Å². The van der Waals surface area contributed by atoms with Crippen LogP contribution in [0.25, 0.3) is 0 Å². The Labute approximate surface area is 173 Å². The second-order valence-electron chi connectivity index (χ2n) is 7.94. The van der Waals surface area contributed by atoms with Crippen LogP contribution in [0.2, 0.25) is 0 Å². The predicted molar refractivity (Wildman–Crippen MR) is 114 cm³/mol. The van der Waals surface area contributed by atoms with Gasteiger partial charge in [-0.2, -0.15) is 0 Å². The SMILES string of the molecule is COc1ccc(OC)c(CN2CCN(C(=O)c3ccc4c(c3)CCCC4)CC2)c1. The van der Waals surface area contributed by atoms with E-state index < -0.39 is 0 Å². The van der Waals surface area contributed by atoms with Crippen LogP contribution in [0, 0.1) is 0 Å². The molecule has 4 rings (SSSR count). The first-order valence-corrected chi connectivity index (χ1v) is 10.5. The van der Waals surface area contributed by atoms with E-state index in [1.165, 1.54) is 24.0 Å². The third-order valence-electron chi connectivity index (χ3n) is 6.14. The molecule has 1 saturated heterocycles. The molecule has 0 spiro atoms. The van der Waals surface area contributed by atoms with Gasteiger partial charge in [0, 0.05) is 43.9 Å². The first-order valence-electron chi connectivity index (χ1n) is 10.5. The van der Waals surface area contributed by atoms with Crippen molar-refractivity contribution < 1.29 is 14.3 Å². The van der Waals surface area contributed by atoms with E-state index in [1.54, 1.807) is 14.2 Å². The molecule has 1 aliphatic heterocycles. The van der Waals surface area contributed by atoms with Gasteiger partial charge in [0.05, 0.1) is 14.2 Å². The zero-order valence-electron chi connectivity index (χ0n) is 17.4. The molecule has 154 valence electrons. The lowest BCUT2D eigenvalue weighted by Crippen LogP contribution is -2.48. The highest BCUT2D eigenvalue weighted by molar-refractivity contribution is 5.94. The van der Waals surface area contributed by atoms with Crippen molar-refractivity contribution in [2.45, 2.75) is 32.2 Å². The lowest BCUT2D eigenvalue weighted by Gasteiger charge is -2.35. The number of piperazine rings is 1. The van der Waals surface area contributed by atoms with Gasteiger partial charge in [-0.3, -0.25) is 9.69 Å². The Kier molecular flexibility index (Phi) is 6.05. The van der Waals surface area contributed by atoms with E-state index in [4.69, 9.17) is 9.47 Å². The summed E-state index contributed by atoms with van der Waals surface area (Å²) in [6.45, 7) is 4.01. The molecule has 2 aliphatic rings. The number of amides is 1. The van der Waals surface area contributed by atoms with Crippen molar-refractivity contribution in [3.05, 3.63) is 58.7 Å². The highest BCUT2D eigenvalue weighted by atomic mass is 16.5. The number of benzene rings is 2. The van der Waals surface area contributed by atoms with Gasteiger partial charge in [-0.1, -0.05) is 6.07 Å². The summed E-state index contributed by atoms with van der Waals surface area (Å²) < 4.78 is 10.9. The molecule has 0 radical (unpaired) electrons. The van der Waals surface area contributed by atoms with E-state index in [0.29, 0.717) is 0 Å². The Morgan fingerprint density at radius 2 is 1.66 bits per heavy atom. The molecule has 0 unspecified atom stereocenters. The van der Waals surface area contributed by atoms with Crippen LogP contribution in [0.1, 0.15) is 39.9 Å². The molecule has 5 heteroatoms. The molecule has 0 aromatic heterocycles. The van der Waals surface area contributed by atoms with Crippen LogP contribution in [-0.2, 0) is 19.4 Å². The third kappa shape index (κ3) is 4.40. The fourth-order valence-corrected chi connectivity index (χ4v) is 4.40. The van der Waals surface area contributed by atoms with Crippen LogP contribution in [0.15, 0.2) is 36.4 Å². The summed E-state index contributed by atoms with van der Waals surface area (Å²) in [5.41, 5.74) is 4.74. The lowest BCUT2D eigenvalue weighted by molar-refractivity contribution is 0.0627. The maximum absolute atomic E-state index is 13.0. The molecule has 29 heavy (non-hydrogen) atoms. The summed E-state index contributed by atoms with van der Waals surface area (Å²) >= 11 is 0. The number of hydrogen-bond donors (Lipinski definition) is 0. The van der Waals surface area contributed by atoms with Gasteiger partial charge in [0.2, 0.25) is 0 Å². The molecule has 1 heterocycles. The Hall–Kier alpha value is -2.53. The topological polar surface area (TPSA) is 42.0 Å². The normalized spacial score (nSPS) is 17.0. The minimum Gasteiger partial charge on any atom is -0.497 e. The maximum atomic E-state index is 13.0. The first-order chi connectivity index (χ1) is 14.2. The molecule has 0 N–H and O–H groups in total. The van der Waals surface area contributed by atoms with Crippen molar-refractivity contribution in [3.8, 4) is 11.5 Å². The minimum atomic E-state index is 0.164. The summed E-state index contributed by atoms with van der Waals surface area (Å²) in [6.07, 6.45) is 4.75. The Balaban J connectivity index is 1.38. The number of nitrogens with zero attached hydrogens (tertiary/aromatic N) is 2.